The molecule has 5 nitrogen and oxygen atoms in total. The molecule has 2 aromatic rings. The van der Waals surface area contributed by atoms with Crippen molar-refractivity contribution in [3.63, 3.8) is 0 Å². The van der Waals surface area contributed by atoms with Gasteiger partial charge in [0.25, 0.3) is 6.43 Å². The van der Waals surface area contributed by atoms with Crippen molar-refractivity contribution >= 4 is 17.5 Å². The lowest BCUT2D eigenvalue weighted by Gasteiger charge is -2.09. The van der Waals surface area contributed by atoms with Crippen LogP contribution in [0.1, 0.15) is 17.7 Å². The molecule has 0 fully saturated rings. The van der Waals surface area contributed by atoms with E-state index >= 15 is 0 Å². The van der Waals surface area contributed by atoms with Crippen LogP contribution in [-0.4, -0.2) is 15.8 Å². The summed E-state index contributed by atoms with van der Waals surface area (Å²) in [6.07, 6.45) is -2.67. The van der Waals surface area contributed by atoms with E-state index in [1.807, 2.05) is 19.1 Å². The lowest BCUT2D eigenvalue weighted by molar-refractivity contribution is 0.145. The molecule has 1 aromatic heterocycles. The SMILES string of the molecule is Cc1ccccc1NC(=O)Nc1cc(C(F)F)nn1C. The molecule has 2 amide bonds. The van der Waals surface area contributed by atoms with E-state index in [1.165, 1.54) is 11.7 Å². The maximum Gasteiger partial charge on any atom is 0.324 e. The summed E-state index contributed by atoms with van der Waals surface area (Å²) in [5.41, 5.74) is 1.18. The number of benzene rings is 1. The fourth-order valence-electron chi connectivity index (χ4n) is 1.70. The molecule has 0 aliphatic heterocycles. The number of halogens is 2. The van der Waals surface area contributed by atoms with Gasteiger partial charge in [-0.2, -0.15) is 5.10 Å². The molecule has 7 heteroatoms. The predicted octanol–water partition coefficient (Wildman–Crippen LogP) is 3.31. The Morgan fingerprint density at radius 2 is 2.00 bits per heavy atom. The molecule has 0 saturated heterocycles. The van der Waals surface area contributed by atoms with E-state index in [0.717, 1.165) is 11.6 Å². The first-order valence-electron chi connectivity index (χ1n) is 5.93. The fourth-order valence-corrected chi connectivity index (χ4v) is 1.70. The lowest BCUT2D eigenvalue weighted by Crippen LogP contribution is -2.21. The third kappa shape index (κ3) is 3.11. The van der Waals surface area contributed by atoms with Gasteiger partial charge < -0.3 is 5.32 Å². The van der Waals surface area contributed by atoms with Gasteiger partial charge in [0.15, 0.2) is 0 Å². The molecule has 0 atom stereocenters. The summed E-state index contributed by atoms with van der Waals surface area (Å²) in [5, 5.41) is 8.74. The maximum atomic E-state index is 12.5. The Morgan fingerprint density at radius 1 is 1.30 bits per heavy atom. The standard InChI is InChI=1S/C13H14F2N4O/c1-8-5-3-4-6-9(8)16-13(20)17-11-7-10(12(14)15)18-19(11)2/h3-7,12H,1-2H3,(H2,16,17,20). The summed E-state index contributed by atoms with van der Waals surface area (Å²) in [5.74, 6) is 0.200. The number of rotatable bonds is 3. The number of urea groups is 1. The Kier molecular flexibility index (Phi) is 3.97. The molecule has 0 aliphatic rings. The van der Waals surface area contributed by atoms with Crippen LogP contribution in [0, 0.1) is 6.92 Å². The Bertz CT molecular complexity index is 625. The van der Waals surface area contributed by atoms with Crippen molar-refractivity contribution < 1.29 is 13.6 Å². The van der Waals surface area contributed by atoms with Crippen LogP contribution in [0.5, 0.6) is 0 Å². The minimum atomic E-state index is -2.67. The molecule has 0 radical (unpaired) electrons. The van der Waals surface area contributed by atoms with Gasteiger partial charge in [-0.05, 0) is 18.6 Å². The molecule has 1 heterocycles. The van der Waals surface area contributed by atoms with E-state index in [4.69, 9.17) is 0 Å². The second-order valence-corrected chi connectivity index (χ2v) is 4.27. The summed E-state index contributed by atoms with van der Waals surface area (Å²) >= 11 is 0. The summed E-state index contributed by atoms with van der Waals surface area (Å²) in [6, 6.07) is 7.89. The molecule has 106 valence electrons. The molecule has 20 heavy (non-hydrogen) atoms. The first-order chi connectivity index (χ1) is 9.47. The molecular weight excluding hydrogens is 266 g/mol. The van der Waals surface area contributed by atoms with Gasteiger partial charge >= 0.3 is 6.03 Å². The number of carbonyl (C=O) groups is 1. The quantitative estimate of drug-likeness (QED) is 0.906. The third-order valence-electron chi connectivity index (χ3n) is 2.76. The predicted molar refractivity (Wildman–Crippen MR) is 72.0 cm³/mol. The van der Waals surface area contributed by atoms with Crippen molar-refractivity contribution in [2.24, 2.45) is 7.05 Å². The average molecular weight is 280 g/mol. The van der Waals surface area contributed by atoms with Crippen molar-refractivity contribution in [3.8, 4) is 0 Å². The Hall–Kier alpha value is -2.44. The van der Waals surface area contributed by atoms with Gasteiger partial charge in [0.05, 0.1) is 0 Å². The first-order valence-corrected chi connectivity index (χ1v) is 5.93. The van der Waals surface area contributed by atoms with Crippen LogP contribution in [0.2, 0.25) is 0 Å². The first kappa shape index (κ1) is 14.0. The van der Waals surface area contributed by atoms with Gasteiger partial charge in [0.1, 0.15) is 11.5 Å². The molecule has 0 saturated carbocycles. The summed E-state index contributed by atoms with van der Waals surface area (Å²) in [7, 11) is 1.48. The Labute approximate surface area is 114 Å². The van der Waals surface area contributed by atoms with Crippen LogP contribution in [0.25, 0.3) is 0 Å². The summed E-state index contributed by atoms with van der Waals surface area (Å²) < 4.78 is 26.2. The Balaban J connectivity index is 2.07. The van der Waals surface area contributed by atoms with Gasteiger partial charge in [-0.15, -0.1) is 0 Å². The number of anilines is 2. The molecule has 0 unspecified atom stereocenters. The minimum Gasteiger partial charge on any atom is -0.307 e. The molecule has 0 spiro atoms. The summed E-state index contributed by atoms with van der Waals surface area (Å²) in [6.45, 7) is 1.86. The monoisotopic (exact) mass is 280 g/mol. The largest absolute Gasteiger partial charge is 0.324 e. The van der Waals surface area contributed by atoms with Gasteiger partial charge in [0, 0.05) is 18.8 Å². The number of carbonyl (C=O) groups excluding carboxylic acids is 1. The van der Waals surface area contributed by atoms with Gasteiger partial charge in [-0.3, -0.25) is 10.00 Å². The highest BCUT2D eigenvalue weighted by molar-refractivity contribution is 5.99. The number of nitrogens with one attached hydrogen (secondary N) is 2. The van der Waals surface area contributed by atoms with Crippen LogP contribution < -0.4 is 10.6 Å². The number of aryl methyl sites for hydroxylation is 2. The number of hydrogen-bond donors (Lipinski definition) is 2. The number of nitrogens with zero attached hydrogens (tertiary/aromatic N) is 2. The average Bonchev–Trinajstić information content (AvgIpc) is 2.74. The number of amides is 2. The zero-order chi connectivity index (χ0) is 14.7. The van der Waals surface area contributed by atoms with Crippen molar-refractivity contribution in [2.45, 2.75) is 13.3 Å². The van der Waals surface area contributed by atoms with E-state index in [1.54, 1.807) is 12.1 Å². The highest BCUT2D eigenvalue weighted by atomic mass is 19.3. The van der Waals surface area contributed by atoms with Crippen molar-refractivity contribution in [3.05, 3.63) is 41.6 Å². The molecule has 2 rings (SSSR count). The van der Waals surface area contributed by atoms with Crippen LogP contribution in [0.15, 0.2) is 30.3 Å². The topological polar surface area (TPSA) is 59.0 Å². The lowest BCUT2D eigenvalue weighted by atomic mass is 10.2. The minimum absolute atomic E-state index is 0.200. The zero-order valence-electron chi connectivity index (χ0n) is 11.0. The second-order valence-electron chi connectivity index (χ2n) is 4.27. The van der Waals surface area contributed by atoms with E-state index in [2.05, 4.69) is 15.7 Å². The number of aromatic nitrogens is 2. The number of para-hydroxylation sites is 1. The maximum absolute atomic E-state index is 12.5. The van der Waals surface area contributed by atoms with E-state index in [9.17, 15) is 13.6 Å². The van der Waals surface area contributed by atoms with E-state index in [-0.39, 0.29) is 11.5 Å². The van der Waals surface area contributed by atoms with Crippen LogP contribution in [0.3, 0.4) is 0 Å². The second kappa shape index (κ2) is 5.68. The normalized spacial score (nSPS) is 10.7. The molecule has 0 aliphatic carbocycles. The molecule has 1 aromatic carbocycles. The molecule has 0 bridgehead atoms. The smallest absolute Gasteiger partial charge is 0.307 e. The van der Waals surface area contributed by atoms with Gasteiger partial charge in [0.2, 0.25) is 0 Å². The van der Waals surface area contributed by atoms with Gasteiger partial charge in [-0.25, -0.2) is 13.6 Å². The van der Waals surface area contributed by atoms with Crippen LogP contribution in [0.4, 0.5) is 25.1 Å². The Morgan fingerprint density at radius 3 is 2.60 bits per heavy atom. The zero-order valence-corrected chi connectivity index (χ0v) is 11.0. The fraction of sp³-hybridized carbons (Fsp3) is 0.231. The number of hydrogen-bond acceptors (Lipinski definition) is 2. The number of alkyl halides is 2. The van der Waals surface area contributed by atoms with Gasteiger partial charge in [-0.1, -0.05) is 18.2 Å². The highest BCUT2D eigenvalue weighted by Gasteiger charge is 2.15. The van der Waals surface area contributed by atoms with Crippen molar-refractivity contribution in [2.75, 3.05) is 10.6 Å². The van der Waals surface area contributed by atoms with Crippen molar-refractivity contribution in [1.29, 1.82) is 0 Å². The summed E-state index contributed by atoms with van der Waals surface area (Å²) in [4.78, 5) is 11.8. The van der Waals surface area contributed by atoms with Crippen LogP contribution in [-0.2, 0) is 7.05 Å². The van der Waals surface area contributed by atoms with E-state index < -0.39 is 12.5 Å². The van der Waals surface area contributed by atoms with Crippen LogP contribution >= 0.6 is 0 Å². The highest BCUT2D eigenvalue weighted by Crippen LogP contribution is 2.20. The molecular formula is C13H14F2N4O. The molecule has 2 N–H and O–H groups in total. The third-order valence-corrected chi connectivity index (χ3v) is 2.76. The van der Waals surface area contributed by atoms with Crippen molar-refractivity contribution in [1.82, 2.24) is 9.78 Å². The van der Waals surface area contributed by atoms with E-state index in [0.29, 0.717) is 5.69 Å².